The molecule has 0 aliphatic heterocycles. The van der Waals surface area contributed by atoms with Crippen LogP contribution in [-0.4, -0.2) is 4.57 Å². The average Bonchev–Trinajstić information content (AvgIpc) is 2.87. The molecule has 1 aromatic heterocycles. The number of fused-ring (bicyclic) bond motifs is 6. The van der Waals surface area contributed by atoms with Crippen molar-refractivity contribution in [2.24, 2.45) is 7.05 Å². The van der Waals surface area contributed by atoms with E-state index >= 15 is 0 Å². The van der Waals surface area contributed by atoms with E-state index in [9.17, 15) is 0 Å². The third-order valence-corrected chi connectivity index (χ3v) is 5.18. The molecule has 4 aromatic carbocycles. The summed E-state index contributed by atoms with van der Waals surface area (Å²) in [5.74, 6) is 0. The molecule has 0 atom stereocenters. The van der Waals surface area contributed by atoms with Crippen LogP contribution in [0.25, 0.3) is 43.2 Å². The predicted octanol–water partition coefficient (Wildman–Crippen LogP) is 6.29. The van der Waals surface area contributed by atoms with Gasteiger partial charge < -0.3 is 4.57 Å². The number of rotatable bonds is 0. The molecule has 0 amide bonds. The van der Waals surface area contributed by atoms with Crippen LogP contribution in [-0.2, 0) is 7.05 Å². The monoisotopic (exact) mass is 315 g/mol. The van der Waals surface area contributed by atoms with Crippen LogP contribution in [0.5, 0.6) is 0 Å². The van der Waals surface area contributed by atoms with Gasteiger partial charge in [-0.05, 0) is 45.1 Å². The lowest BCUT2D eigenvalue weighted by molar-refractivity contribution is 0.974. The number of hydrogen-bond donors (Lipinski definition) is 0. The van der Waals surface area contributed by atoms with Gasteiger partial charge in [0.1, 0.15) is 5.15 Å². The highest BCUT2D eigenvalue weighted by Crippen LogP contribution is 2.35. The van der Waals surface area contributed by atoms with Crippen molar-refractivity contribution >= 4 is 54.8 Å². The lowest BCUT2D eigenvalue weighted by Crippen LogP contribution is -1.88. The molecule has 0 saturated heterocycles. The van der Waals surface area contributed by atoms with Crippen molar-refractivity contribution in [2.45, 2.75) is 0 Å². The molecule has 1 heterocycles. The normalized spacial score (nSPS) is 11.9. The summed E-state index contributed by atoms with van der Waals surface area (Å²) < 4.78 is 2.06. The third-order valence-electron chi connectivity index (χ3n) is 4.82. The fraction of sp³-hybridized carbons (Fsp3) is 0.0476. The fourth-order valence-corrected chi connectivity index (χ4v) is 3.86. The van der Waals surface area contributed by atoms with Crippen LogP contribution >= 0.6 is 11.6 Å². The van der Waals surface area contributed by atoms with E-state index < -0.39 is 0 Å². The minimum atomic E-state index is 0.770. The largest absolute Gasteiger partial charge is 0.334 e. The number of benzene rings is 4. The van der Waals surface area contributed by atoms with Crippen LogP contribution in [0.3, 0.4) is 0 Å². The molecule has 0 N–H and O–H groups in total. The van der Waals surface area contributed by atoms with E-state index in [0.717, 1.165) is 5.15 Å². The minimum Gasteiger partial charge on any atom is -0.334 e. The highest BCUT2D eigenvalue weighted by Gasteiger charge is 2.10. The van der Waals surface area contributed by atoms with Crippen molar-refractivity contribution in [3.63, 3.8) is 0 Å². The molecule has 0 bridgehead atoms. The molecular formula is C21H14ClN. The molecule has 1 nitrogen and oxygen atoms in total. The Morgan fingerprint density at radius 3 is 2.17 bits per heavy atom. The first-order valence-electron chi connectivity index (χ1n) is 7.71. The summed E-state index contributed by atoms with van der Waals surface area (Å²) in [6.07, 6.45) is 0. The standard InChI is InChI=1S/C21H14ClN/c1-23-20(22)12-16-7-8-17-18(21(16)23)9-6-15-10-13-4-2-3-5-14(13)11-19(15)17/h2-12H,1H3. The van der Waals surface area contributed by atoms with Gasteiger partial charge in [-0.2, -0.15) is 0 Å². The van der Waals surface area contributed by atoms with Gasteiger partial charge in [-0.15, -0.1) is 0 Å². The first-order valence-corrected chi connectivity index (χ1v) is 8.09. The molecular weight excluding hydrogens is 302 g/mol. The number of aromatic nitrogens is 1. The van der Waals surface area contributed by atoms with Crippen LogP contribution in [0.15, 0.2) is 66.7 Å². The molecule has 23 heavy (non-hydrogen) atoms. The lowest BCUT2D eigenvalue weighted by atomic mass is 9.97. The van der Waals surface area contributed by atoms with E-state index in [1.54, 1.807) is 0 Å². The van der Waals surface area contributed by atoms with Crippen LogP contribution < -0.4 is 0 Å². The molecule has 110 valence electrons. The Bertz CT molecular complexity index is 1230. The quantitative estimate of drug-likeness (QED) is 0.234. The van der Waals surface area contributed by atoms with E-state index in [0.29, 0.717) is 0 Å². The highest BCUT2D eigenvalue weighted by atomic mass is 35.5. The van der Waals surface area contributed by atoms with Crippen molar-refractivity contribution in [1.29, 1.82) is 0 Å². The second-order valence-electron chi connectivity index (χ2n) is 6.11. The first-order chi connectivity index (χ1) is 11.2. The number of halogens is 1. The average molecular weight is 316 g/mol. The zero-order valence-electron chi connectivity index (χ0n) is 12.7. The fourth-order valence-electron chi connectivity index (χ4n) is 3.65. The zero-order chi connectivity index (χ0) is 15.6. The Balaban J connectivity index is 2.02. The predicted molar refractivity (Wildman–Crippen MR) is 100 cm³/mol. The summed E-state index contributed by atoms with van der Waals surface area (Å²) in [4.78, 5) is 0. The van der Waals surface area contributed by atoms with Crippen molar-refractivity contribution < 1.29 is 0 Å². The molecule has 0 spiro atoms. The summed E-state index contributed by atoms with van der Waals surface area (Å²) in [6, 6.07) is 23.9. The van der Waals surface area contributed by atoms with Crippen molar-refractivity contribution in [2.75, 3.05) is 0 Å². The zero-order valence-corrected chi connectivity index (χ0v) is 13.4. The maximum atomic E-state index is 6.31. The van der Waals surface area contributed by atoms with Gasteiger partial charge in [-0.3, -0.25) is 0 Å². The smallest absolute Gasteiger partial charge is 0.109 e. The Morgan fingerprint density at radius 1 is 0.652 bits per heavy atom. The molecule has 0 fully saturated rings. The van der Waals surface area contributed by atoms with E-state index in [2.05, 4.69) is 65.2 Å². The summed E-state index contributed by atoms with van der Waals surface area (Å²) in [6.45, 7) is 0. The SMILES string of the molecule is Cn1c(Cl)cc2ccc3c4cc5ccccc5cc4ccc3c21. The van der Waals surface area contributed by atoms with Gasteiger partial charge in [0.05, 0.1) is 5.52 Å². The summed E-state index contributed by atoms with van der Waals surface area (Å²) >= 11 is 6.31. The van der Waals surface area contributed by atoms with Crippen LogP contribution in [0.4, 0.5) is 0 Å². The molecule has 0 aliphatic rings. The van der Waals surface area contributed by atoms with Gasteiger partial charge in [0.15, 0.2) is 0 Å². The molecule has 2 heteroatoms. The van der Waals surface area contributed by atoms with Gasteiger partial charge in [-0.1, -0.05) is 60.1 Å². The van der Waals surface area contributed by atoms with Crippen molar-refractivity contribution in [3.8, 4) is 0 Å². The van der Waals surface area contributed by atoms with Crippen molar-refractivity contribution in [1.82, 2.24) is 4.57 Å². The number of nitrogens with zero attached hydrogens (tertiary/aromatic N) is 1. The molecule has 0 saturated carbocycles. The lowest BCUT2D eigenvalue weighted by Gasteiger charge is -2.09. The molecule has 0 aliphatic carbocycles. The van der Waals surface area contributed by atoms with Gasteiger partial charge >= 0.3 is 0 Å². The van der Waals surface area contributed by atoms with Crippen molar-refractivity contribution in [3.05, 3.63) is 71.9 Å². The third kappa shape index (κ3) is 1.74. The van der Waals surface area contributed by atoms with Gasteiger partial charge in [0.2, 0.25) is 0 Å². The number of aryl methyl sites for hydroxylation is 1. The second kappa shape index (κ2) is 4.50. The van der Waals surface area contributed by atoms with Crippen LogP contribution in [0, 0.1) is 0 Å². The van der Waals surface area contributed by atoms with E-state index in [1.165, 1.54) is 43.2 Å². The Hall–Kier alpha value is -2.51. The maximum Gasteiger partial charge on any atom is 0.109 e. The van der Waals surface area contributed by atoms with Crippen LogP contribution in [0.2, 0.25) is 5.15 Å². The van der Waals surface area contributed by atoms with E-state index in [1.807, 2.05) is 13.1 Å². The first kappa shape index (κ1) is 13.0. The summed E-state index contributed by atoms with van der Waals surface area (Å²) in [5, 5.41) is 9.60. The minimum absolute atomic E-state index is 0.770. The summed E-state index contributed by atoms with van der Waals surface area (Å²) in [5.41, 5.74) is 1.20. The Morgan fingerprint density at radius 2 is 1.35 bits per heavy atom. The molecule has 5 aromatic rings. The van der Waals surface area contributed by atoms with Gasteiger partial charge in [-0.25, -0.2) is 0 Å². The topological polar surface area (TPSA) is 4.93 Å². The Labute approximate surface area is 138 Å². The van der Waals surface area contributed by atoms with Crippen LogP contribution in [0.1, 0.15) is 0 Å². The van der Waals surface area contributed by atoms with E-state index in [4.69, 9.17) is 11.6 Å². The second-order valence-corrected chi connectivity index (χ2v) is 6.50. The Kier molecular flexibility index (Phi) is 2.54. The van der Waals surface area contributed by atoms with Gasteiger partial charge in [0, 0.05) is 17.8 Å². The number of hydrogen-bond acceptors (Lipinski definition) is 0. The summed E-state index contributed by atoms with van der Waals surface area (Å²) in [7, 11) is 2.02. The van der Waals surface area contributed by atoms with Gasteiger partial charge in [0.25, 0.3) is 0 Å². The molecule has 5 rings (SSSR count). The highest BCUT2D eigenvalue weighted by molar-refractivity contribution is 6.32. The molecule has 0 unspecified atom stereocenters. The van der Waals surface area contributed by atoms with E-state index in [-0.39, 0.29) is 0 Å². The maximum absolute atomic E-state index is 6.31. The molecule has 0 radical (unpaired) electrons.